The number of hydrogen-bond donors (Lipinski definition) is 1. The Kier molecular flexibility index (Phi) is 4.29. The largest absolute Gasteiger partial charge is 0.484 e. The monoisotopic (exact) mass is 279 g/mol. The summed E-state index contributed by atoms with van der Waals surface area (Å²) in [5, 5.41) is 6.30. The lowest BCUT2D eigenvalue weighted by atomic mass is 10.3. The van der Waals surface area contributed by atoms with E-state index in [0.29, 0.717) is 17.5 Å². The molecule has 1 atom stereocenters. The number of rotatable bonds is 5. The van der Waals surface area contributed by atoms with E-state index in [-0.39, 0.29) is 18.3 Å². The highest BCUT2D eigenvalue weighted by molar-refractivity contribution is 5.77. The van der Waals surface area contributed by atoms with Gasteiger partial charge in [0.15, 0.2) is 12.4 Å². The lowest BCUT2D eigenvalue weighted by Crippen LogP contribution is -2.31. The van der Waals surface area contributed by atoms with E-state index in [1.807, 2.05) is 0 Å². The van der Waals surface area contributed by atoms with E-state index in [1.54, 1.807) is 13.8 Å². The average molecular weight is 279 g/mol. The third-order valence-corrected chi connectivity index (χ3v) is 2.47. The van der Waals surface area contributed by atoms with Crippen LogP contribution in [0.25, 0.3) is 0 Å². The van der Waals surface area contributed by atoms with Gasteiger partial charge in [0.25, 0.3) is 5.91 Å². The molecule has 7 heteroatoms. The van der Waals surface area contributed by atoms with E-state index in [2.05, 4.69) is 15.5 Å². The second kappa shape index (κ2) is 6.14. The highest BCUT2D eigenvalue weighted by atomic mass is 19.1. The third-order valence-electron chi connectivity index (χ3n) is 2.47. The van der Waals surface area contributed by atoms with Gasteiger partial charge < -0.3 is 14.6 Å². The van der Waals surface area contributed by atoms with E-state index in [4.69, 9.17) is 9.26 Å². The van der Waals surface area contributed by atoms with Gasteiger partial charge in [0.2, 0.25) is 5.89 Å². The SMILES string of the molecule is Cc1noc(C(C)NC(=O)COc2ccc(F)cc2)n1. The Morgan fingerprint density at radius 2 is 2.15 bits per heavy atom. The summed E-state index contributed by atoms with van der Waals surface area (Å²) in [7, 11) is 0. The molecule has 1 heterocycles. The van der Waals surface area contributed by atoms with Crippen LogP contribution in [0.1, 0.15) is 24.7 Å². The first-order valence-electron chi connectivity index (χ1n) is 6.02. The van der Waals surface area contributed by atoms with Gasteiger partial charge in [0.05, 0.1) is 0 Å². The summed E-state index contributed by atoms with van der Waals surface area (Å²) >= 11 is 0. The van der Waals surface area contributed by atoms with Gasteiger partial charge >= 0.3 is 0 Å². The maximum Gasteiger partial charge on any atom is 0.258 e. The second-order valence-corrected chi connectivity index (χ2v) is 4.21. The van der Waals surface area contributed by atoms with Gasteiger partial charge in [-0.1, -0.05) is 5.16 Å². The van der Waals surface area contributed by atoms with Crippen LogP contribution >= 0.6 is 0 Å². The van der Waals surface area contributed by atoms with Gasteiger partial charge in [-0.3, -0.25) is 4.79 Å². The Morgan fingerprint density at radius 3 is 2.75 bits per heavy atom. The molecule has 106 valence electrons. The van der Waals surface area contributed by atoms with Crippen LogP contribution < -0.4 is 10.1 Å². The van der Waals surface area contributed by atoms with Crippen LogP contribution in [0.5, 0.6) is 5.75 Å². The first kappa shape index (κ1) is 14.0. The zero-order valence-corrected chi connectivity index (χ0v) is 11.1. The number of ether oxygens (including phenoxy) is 1. The lowest BCUT2D eigenvalue weighted by molar-refractivity contribution is -0.123. The van der Waals surface area contributed by atoms with Crippen LogP contribution in [0.15, 0.2) is 28.8 Å². The second-order valence-electron chi connectivity index (χ2n) is 4.21. The maximum atomic E-state index is 12.7. The summed E-state index contributed by atoms with van der Waals surface area (Å²) in [6.07, 6.45) is 0. The molecular formula is C13H14FN3O3. The van der Waals surface area contributed by atoms with Gasteiger partial charge in [-0.15, -0.1) is 0 Å². The standard InChI is InChI=1S/C13H14FN3O3/c1-8(13-16-9(2)17-20-13)15-12(18)7-19-11-5-3-10(14)4-6-11/h3-6,8H,7H2,1-2H3,(H,15,18). The van der Waals surface area contributed by atoms with Crippen LogP contribution in [0.2, 0.25) is 0 Å². The van der Waals surface area contributed by atoms with Gasteiger partial charge in [-0.05, 0) is 38.1 Å². The summed E-state index contributed by atoms with van der Waals surface area (Å²) in [6, 6.07) is 5.02. The number of halogens is 1. The molecular weight excluding hydrogens is 265 g/mol. The molecule has 0 saturated carbocycles. The van der Waals surface area contributed by atoms with Gasteiger partial charge in [-0.2, -0.15) is 4.98 Å². The Labute approximate surface area is 114 Å². The number of nitrogens with one attached hydrogen (secondary N) is 1. The van der Waals surface area contributed by atoms with Crippen molar-refractivity contribution in [2.45, 2.75) is 19.9 Å². The lowest BCUT2D eigenvalue weighted by Gasteiger charge is -2.10. The predicted octanol–water partition coefficient (Wildman–Crippen LogP) is 1.77. The first-order chi connectivity index (χ1) is 9.54. The minimum atomic E-state index is -0.402. The molecule has 2 rings (SSSR count). The number of carbonyl (C=O) groups is 1. The van der Waals surface area contributed by atoms with Crippen molar-refractivity contribution in [3.63, 3.8) is 0 Å². The zero-order chi connectivity index (χ0) is 14.5. The molecule has 1 aromatic heterocycles. The molecule has 0 saturated heterocycles. The fourth-order valence-electron chi connectivity index (χ4n) is 1.51. The normalized spacial score (nSPS) is 11.9. The average Bonchev–Trinajstić information content (AvgIpc) is 2.85. The Balaban J connectivity index is 1.82. The van der Waals surface area contributed by atoms with Gasteiger partial charge in [-0.25, -0.2) is 4.39 Å². The summed E-state index contributed by atoms with van der Waals surface area (Å²) in [5.74, 6) is 0.559. The van der Waals surface area contributed by atoms with Crippen molar-refractivity contribution in [3.05, 3.63) is 41.8 Å². The fourth-order valence-corrected chi connectivity index (χ4v) is 1.51. The smallest absolute Gasteiger partial charge is 0.258 e. The molecule has 0 aliphatic heterocycles. The minimum absolute atomic E-state index is 0.177. The molecule has 0 fully saturated rings. The molecule has 1 N–H and O–H groups in total. The van der Waals surface area contributed by atoms with Crippen molar-refractivity contribution in [2.75, 3.05) is 6.61 Å². The first-order valence-corrected chi connectivity index (χ1v) is 6.02. The zero-order valence-electron chi connectivity index (χ0n) is 11.1. The molecule has 1 amide bonds. The molecule has 0 bridgehead atoms. The van der Waals surface area contributed by atoms with E-state index >= 15 is 0 Å². The number of carbonyl (C=O) groups excluding carboxylic acids is 1. The third kappa shape index (κ3) is 3.78. The summed E-state index contributed by atoms with van der Waals surface area (Å²) in [4.78, 5) is 15.7. The Bertz CT molecular complexity index is 583. The quantitative estimate of drug-likeness (QED) is 0.902. The number of benzene rings is 1. The van der Waals surface area contributed by atoms with E-state index in [0.717, 1.165) is 0 Å². The van der Waals surface area contributed by atoms with E-state index < -0.39 is 6.04 Å². The number of nitrogens with zero attached hydrogens (tertiary/aromatic N) is 2. The van der Waals surface area contributed by atoms with Crippen molar-refractivity contribution < 1.29 is 18.4 Å². The van der Waals surface area contributed by atoms with Crippen LogP contribution in [-0.4, -0.2) is 22.7 Å². The van der Waals surface area contributed by atoms with Crippen molar-refractivity contribution in [2.24, 2.45) is 0 Å². The summed E-state index contributed by atoms with van der Waals surface area (Å²) in [6.45, 7) is 3.24. The van der Waals surface area contributed by atoms with Crippen LogP contribution in [0.4, 0.5) is 4.39 Å². The van der Waals surface area contributed by atoms with Crippen molar-refractivity contribution in [3.8, 4) is 5.75 Å². The molecule has 0 spiro atoms. The topological polar surface area (TPSA) is 77.2 Å². The Morgan fingerprint density at radius 1 is 1.45 bits per heavy atom. The molecule has 20 heavy (non-hydrogen) atoms. The molecule has 0 radical (unpaired) electrons. The molecule has 1 unspecified atom stereocenters. The van der Waals surface area contributed by atoms with Crippen LogP contribution in [0, 0.1) is 12.7 Å². The molecule has 1 aromatic carbocycles. The van der Waals surface area contributed by atoms with Gasteiger partial charge in [0, 0.05) is 0 Å². The molecule has 6 nitrogen and oxygen atoms in total. The molecule has 0 aliphatic rings. The number of hydrogen-bond acceptors (Lipinski definition) is 5. The van der Waals surface area contributed by atoms with E-state index in [9.17, 15) is 9.18 Å². The summed E-state index contributed by atoms with van der Waals surface area (Å²) in [5.41, 5.74) is 0. The number of aromatic nitrogens is 2. The minimum Gasteiger partial charge on any atom is -0.484 e. The number of aryl methyl sites for hydroxylation is 1. The van der Waals surface area contributed by atoms with Crippen molar-refractivity contribution >= 4 is 5.91 Å². The fraction of sp³-hybridized carbons (Fsp3) is 0.308. The number of amides is 1. The highest BCUT2D eigenvalue weighted by Crippen LogP contribution is 2.11. The van der Waals surface area contributed by atoms with Crippen LogP contribution in [0.3, 0.4) is 0 Å². The van der Waals surface area contributed by atoms with Crippen LogP contribution in [-0.2, 0) is 4.79 Å². The molecule has 0 aliphatic carbocycles. The Hall–Kier alpha value is -2.44. The molecule has 2 aromatic rings. The van der Waals surface area contributed by atoms with Crippen molar-refractivity contribution in [1.82, 2.24) is 15.5 Å². The van der Waals surface area contributed by atoms with Crippen molar-refractivity contribution in [1.29, 1.82) is 0 Å². The van der Waals surface area contributed by atoms with E-state index in [1.165, 1.54) is 24.3 Å². The maximum absolute atomic E-state index is 12.7. The summed E-state index contributed by atoms with van der Waals surface area (Å²) < 4.78 is 22.9. The predicted molar refractivity (Wildman–Crippen MR) is 67.5 cm³/mol. The van der Waals surface area contributed by atoms with Gasteiger partial charge in [0.1, 0.15) is 17.6 Å². The highest BCUT2D eigenvalue weighted by Gasteiger charge is 2.15.